The molecule has 2 heterocycles. The third kappa shape index (κ3) is 27.3. The molecule has 1 unspecified atom stereocenters. The van der Waals surface area contributed by atoms with Crippen LogP contribution in [-0.4, -0.2) is 256 Å². The Morgan fingerprint density at radius 1 is 0.379 bits per heavy atom. The van der Waals surface area contributed by atoms with E-state index < -0.39 is 87.1 Å². The molecule has 23 nitrogen and oxygen atoms in total. The molecule has 0 aromatic rings. The van der Waals surface area contributed by atoms with Gasteiger partial charge in [0.15, 0.2) is 0 Å². The van der Waals surface area contributed by atoms with Gasteiger partial charge in [-0.05, 0) is 0 Å². The van der Waals surface area contributed by atoms with Crippen molar-refractivity contribution < 1.29 is 146 Å². The maximum atomic E-state index is 13.1. The van der Waals surface area contributed by atoms with Crippen LogP contribution in [0.15, 0.2) is 0 Å². The average molecular weight is 1120 g/mol. The Balaban J connectivity index is 0.0000162. The minimum Gasteiger partial charge on any atom is -0.549 e. The summed E-state index contributed by atoms with van der Waals surface area (Å²) in [5.74, 6) is -8.56. The first-order valence-electron chi connectivity index (χ1n) is 18.4. The maximum absolute atomic E-state index is 13.1. The van der Waals surface area contributed by atoms with Crippen molar-refractivity contribution in [1.29, 1.82) is 0 Å². The van der Waals surface area contributed by atoms with Gasteiger partial charge in [0.05, 0.1) is 48.5 Å². The predicted molar refractivity (Wildman–Crippen MR) is 181 cm³/mol. The molecule has 25 heteroatoms. The van der Waals surface area contributed by atoms with E-state index in [0.29, 0.717) is 0 Å². The largest absolute Gasteiger partial charge is 3.00 e. The van der Waals surface area contributed by atoms with Gasteiger partial charge in [0.2, 0.25) is 5.91 Å². The van der Waals surface area contributed by atoms with Crippen LogP contribution in [0, 0.1) is 76.3 Å². The molecule has 0 aromatic carbocycles. The number of amides is 1. The van der Waals surface area contributed by atoms with Gasteiger partial charge in [-0.3, -0.25) is 44.0 Å². The summed E-state index contributed by atoms with van der Waals surface area (Å²) in [5, 5.41) is 81.9. The summed E-state index contributed by atoms with van der Waals surface area (Å²) in [6.07, 6.45) is -1.12. The number of carboxylic acid groups (broad SMARTS) is 6. The van der Waals surface area contributed by atoms with Gasteiger partial charge in [0.25, 0.3) is 0 Å². The molecule has 0 aliphatic carbocycles. The second-order valence-corrected chi connectivity index (χ2v) is 13.9. The molecule has 334 valence electrons. The molecule has 0 spiro atoms. The quantitative estimate of drug-likeness (QED) is 0.129. The Kier molecular flexibility index (Phi) is 30.5. The Bertz CT molecular complexity index is 1250. The van der Waals surface area contributed by atoms with E-state index in [9.17, 15) is 69.3 Å². The first-order valence-corrected chi connectivity index (χ1v) is 18.4. The van der Waals surface area contributed by atoms with Crippen molar-refractivity contribution in [3.05, 3.63) is 0 Å². The van der Waals surface area contributed by atoms with Gasteiger partial charge in [-0.25, -0.2) is 0 Å². The number of nitrogens with zero attached hydrogens (tertiary/aromatic N) is 8. The van der Waals surface area contributed by atoms with Crippen LogP contribution in [0.3, 0.4) is 0 Å². The number of carbonyl (C=O) groups excluding carboxylic acids is 7. The zero-order valence-corrected chi connectivity index (χ0v) is 36.3. The van der Waals surface area contributed by atoms with Crippen LogP contribution in [0.1, 0.15) is 0 Å². The van der Waals surface area contributed by atoms with Gasteiger partial charge in [0, 0.05) is 157 Å². The molecule has 1 atom stereocenters. The van der Waals surface area contributed by atoms with Gasteiger partial charge in [-0.2, -0.15) is 0 Å². The number of hydrogen-bond donors (Lipinski definition) is 2. The molecule has 58 heavy (non-hydrogen) atoms. The molecule has 2 rings (SSSR count). The van der Waals surface area contributed by atoms with Crippen LogP contribution < -0.4 is 36.0 Å². The molecule has 2 aliphatic heterocycles. The summed E-state index contributed by atoms with van der Waals surface area (Å²) < 4.78 is 0. The molecule has 0 saturated carbocycles. The number of rotatable bonds is 18. The van der Waals surface area contributed by atoms with E-state index in [-0.39, 0.29) is 201 Å². The van der Waals surface area contributed by atoms with Crippen LogP contribution >= 0.6 is 0 Å². The van der Waals surface area contributed by atoms with Gasteiger partial charge < -0.3 is 69.8 Å². The molecule has 2 radical (unpaired) electrons. The third-order valence-corrected chi connectivity index (χ3v) is 9.35. The first kappa shape index (κ1) is 56.5. The van der Waals surface area contributed by atoms with Gasteiger partial charge in [-0.1, -0.05) is 0 Å². The monoisotopic (exact) mass is 1130 g/mol. The maximum Gasteiger partial charge on any atom is 3.00 e. The summed E-state index contributed by atoms with van der Waals surface area (Å²) >= 11 is 0. The first-order chi connectivity index (χ1) is 26.5. The van der Waals surface area contributed by atoms with E-state index in [1.54, 1.807) is 19.6 Å². The number of β-amino-alcohol motifs (C(OH)–C–C–N with tert-alkyl or cyclic N) is 1. The standard InChI is InChI=1S/C33H59N9O14.2Dy/c43-26(18-35-1-5-37(20-28(45)46)9-13-41(24-32(53)54)14-10-38(6-2-35)21-29(47)48)17-34-27(44)19-36-3-7-39(22-30(49)50)11-15-42(25-33(55)56)16-12-40(8-4-36)23-31(51)52;;/h26,43H,1-25H2,(H,34,44)(H,45,46)(H,47,48)(H,49,50)(H,51,52)(H,53,54)(H,55,56);;/q;2*+3/p-6. The van der Waals surface area contributed by atoms with Crippen LogP contribution in [0.5, 0.6) is 0 Å². The summed E-state index contributed by atoms with van der Waals surface area (Å²) in [5.41, 5.74) is 0. The van der Waals surface area contributed by atoms with Crippen molar-refractivity contribution >= 4 is 41.7 Å². The summed E-state index contributed by atoms with van der Waals surface area (Å²) in [4.78, 5) is 94.1. The predicted octanol–water partition coefficient (Wildman–Crippen LogP) is -13.6. The second kappa shape index (κ2) is 31.3. The van der Waals surface area contributed by atoms with E-state index in [1.165, 1.54) is 19.6 Å². The van der Waals surface area contributed by atoms with Crippen LogP contribution in [0.25, 0.3) is 0 Å². The third-order valence-electron chi connectivity index (χ3n) is 9.35. The van der Waals surface area contributed by atoms with Crippen molar-refractivity contribution in [2.24, 2.45) is 0 Å². The molecule has 1 amide bonds. The van der Waals surface area contributed by atoms with Crippen molar-refractivity contribution in [3.8, 4) is 0 Å². The Labute approximate surface area is 398 Å². The Morgan fingerprint density at radius 3 is 0.776 bits per heavy atom. The minimum atomic E-state index is -1.35. The molecule has 2 fully saturated rings. The van der Waals surface area contributed by atoms with E-state index in [4.69, 9.17) is 0 Å². The van der Waals surface area contributed by atoms with Crippen molar-refractivity contribution in [1.82, 2.24) is 44.5 Å². The Hall–Kier alpha value is -1.52. The normalized spacial score (nSPS) is 19.7. The van der Waals surface area contributed by atoms with Gasteiger partial charge in [0.1, 0.15) is 0 Å². The molecule has 2 aliphatic rings. The number of hydrogen-bond acceptors (Lipinski definition) is 22. The van der Waals surface area contributed by atoms with E-state index in [1.807, 2.05) is 0 Å². The molecular formula is C33H53Dy2N9O14. The van der Waals surface area contributed by atoms with Crippen LogP contribution in [0.2, 0.25) is 0 Å². The van der Waals surface area contributed by atoms with E-state index >= 15 is 0 Å². The zero-order chi connectivity index (χ0) is 41.6. The minimum absolute atomic E-state index is 0. The summed E-state index contributed by atoms with van der Waals surface area (Å²) in [7, 11) is 0. The number of nitrogens with one attached hydrogen (secondary N) is 1. The molecule has 0 aromatic heterocycles. The fraction of sp³-hybridized carbons (Fsp3) is 0.788. The molecule has 0 bridgehead atoms. The van der Waals surface area contributed by atoms with Gasteiger partial charge in [-0.15, -0.1) is 0 Å². The fourth-order valence-corrected chi connectivity index (χ4v) is 6.40. The zero-order valence-electron chi connectivity index (χ0n) is 32.2. The van der Waals surface area contributed by atoms with Crippen LogP contribution in [0.4, 0.5) is 0 Å². The van der Waals surface area contributed by atoms with Crippen molar-refractivity contribution in [2.75, 3.05) is 164 Å². The SMILES string of the molecule is O=C([O-])CN1CCN(CC(=O)[O-])CCN(CC(=O)NCC(O)CN2CCN(CC(=O)[O-])CCN(CC(=O)[O-])CCN(CC(=O)[O-])CC2)CCN(CC(=O)[O-])CC1.[Dy+3].[Dy+3]. The topological polar surface area (TPSA) is 316 Å². The Morgan fingerprint density at radius 2 is 0.569 bits per heavy atom. The molecular weight excluding hydrogens is 1070 g/mol. The second-order valence-electron chi connectivity index (χ2n) is 13.9. The number of carboxylic acids is 6. The van der Waals surface area contributed by atoms with Crippen molar-refractivity contribution in [3.63, 3.8) is 0 Å². The smallest absolute Gasteiger partial charge is 0.549 e. The number of aliphatic hydroxyl groups is 1. The van der Waals surface area contributed by atoms with Gasteiger partial charge >= 0.3 is 76.3 Å². The number of carbonyl (C=O) groups is 7. The van der Waals surface area contributed by atoms with Crippen LogP contribution in [-0.2, 0) is 33.6 Å². The molecule has 2 saturated heterocycles. The summed E-state index contributed by atoms with van der Waals surface area (Å²) in [6, 6.07) is 0. The number of aliphatic carboxylic acids is 6. The van der Waals surface area contributed by atoms with E-state index in [0.717, 1.165) is 0 Å². The number of aliphatic hydroxyl groups excluding tert-OH is 1. The summed E-state index contributed by atoms with van der Waals surface area (Å²) in [6.45, 7) is -0.406. The van der Waals surface area contributed by atoms with E-state index in [2.05, 4.69) is 5.32 Å². The fourth-order valence-electron chi connectivity index (χ4n) is 6.40. The van der Waals surface area contributed by atoms with Crippen molar-refractivity contribution in [2.45, 2.75) is 6.10 Å². The molecule has 2 N–H and O–H groups in total. The average Bonchev–Trinajstić information content (AvgIpc) is 3.08.